The van der Waals surface area contributed by atoms with Gasteiger partial charge in [0.2, 0.25) is 5.92 Å². The van der Waals surface area contributed by atoms with Crippen LogP contribution in [0.25, 0.3) is 11.3 Å². The van der Waals surface area contributed by atoms with E-state index in [0.29, 0.717) is 11.3 Å². The van der Waals surface area contributed by atoms with Crippen molar-refractivity contribution < 1.29 is 26.7 Å². The van der Waals surface area contributed by atoms with Gasteiger partial charge in [0.25, 0.3) is 0 Å². The van der Waals surface area contributed by atoms with Crippen molar-refractivity contribution in [1.29, 1.82) is 0 Å². The summed E-state index contributed by atoms with van der Waals surface area (Å²) in [6.45, 7) is 1.77. The number of carbonyl (C=O) groups excluding carboxylic acids is 1. The Hall–Kier alpha value is -2.29. The second-order valence-corrected chi connectivity index (χ2v) is 9.14. The fourth-order valence-electron chi connectivity index (χ4n) is 3.99. The summed E-state index contributed by atoms with van der Waals surface area (Å²) < 4.78 is 59.4. The normalized spacial score (nSPS) is 20.2. The highest BCUT2D eigenvalue weighted by molar-refractivity contribution is 7.90. The van der Waals surface area contributed by atoms with E-state index in [1.807, 2.05) is 0 Å². The minimum absolute atomic E-state index is 0.0488. The average molecular weight is 410 g/mol. The number of fused-ring (bicyclic) bond motifs is 3. The van der Waals surface area contributed by atoms with Crippen molar-refractivity contribution >= 4 is 15.8 Å². The second kappa shape index (κ2) is 6.65. The molecule has 4 rings (SSSR count). The number of rotatable bonds is 3. The van der Waals surface area contributed by atoms with Gasteiger partial charge in [0.1, 0.15) is 0 Å². The fraction of sp³-hybridized carbons (Fsp3) is 0.474. The number of benzene rings is 1. The van der Waals surface area contributed by atoms with Crippen LogP contribution >= 0.6 is 0 Å². The molecule has 0 bridgehead atoms. The molecule has 2 aromatic rings. The lowest BCUT2D eigenvalue weighted by molar-refractivity contribution is -0.0449. The van der Waals surface area contributed by atoms with Gasteiger partial charge in [-0.3, -0.25) is 4.68 Å². The number of ether oxygens (including phenoxy) is 1. The van der Waals surface area contributed by atoms with Crippen molar-refractivity contribution in [3.05, 3.63) is 35.5 Å². The van der Waals surface area contributed by atoms with Gasteiger partial charge in [0.15, 0.2) is 15.5 Å². The minimum Gasteiger partial charge on any atom is -0.461 e. The monoisotopic (exact) mass is 410 g/mol. The van der Waals surface area contributed by atoms with E-state index in [2.05, 4.69) is 5.10 Å². The van der Waals surface area contributed by atoms with Gasteiger partial charge in [-0.2, -0.15) is 5.10 Å². The zero-order valence-corrected chi connectivity index (χ0v) is 16.1. The molecule has 0 unspecified atom stereocenters. The number of nitrogens with zero attached hydrogens (tertiary/aromatic N) is 2. The van der Waals surface area contributed by atoms with Gasteiger partial charge in [-0.05, 0) is 25.8 Å². The number of esters is 1. The molecule has 0 atom stereocenters. The second-order valence-electron chi connectivity index (χ2n) is 7.18. The third-order valence-electron chi connectivity index (χ3n) is 5.32. The van der Waals surface area contributed by atoms with E-state index in [0.717, 1.165) is 0 Å². The highest BCUT2D eigenvalue weighted by Crippen LogP contribution is 2.44. The lowest BCUT2D eigenvalue weighted by atomic mass is 9.92. The van der Waals surface area contributed by atoms with Crippen LogP contribution in [0, 0.1) is 0 Å². The molecular weight excluding hydrogens is 390 g/mol. The number of hydrogen-bond donors (Lipinski definition) is 0. The predicted molar refractivity (Wildman–Crippen MR) is 97.0 cm³/mol. The van der Waals surface area contributed by atoms with Crippen molar-refractivity contribution in [3.8, 4) is 11.3 Å². The van der Waals surface area contributed by atoms with Crippen LogP contribution in [0.2, 0.25) is 0 Å². The summed E-state index contributed by atoms with van der Waals surface area (Å²) >= 11 is 0. The Kier molecular flexibility index (Phi) is 4.52. The zero-order chi connectivity index (χ0) is 20.1. The predicted octanol–water partition coefficient (Wildman–Crippen LogP) is 3.76. The molecule has 1 aliphatic heterocycles. The van der Waals surface area contributed by atoms with Gasteiger partial charge < -0.3 is 4.74 Å². The van der Waals surface area contributed by atoms with Gasteiger partial charge in [-0.25, -0.2) is 22.0 Å². The molecular formula is C19H20F2N2O4S. The first-order valence-corrected chi connectivity index (χ1v) is 10.9. The van der Waals surface area contributed by atoms with Crippen LogP contribution in [0.5, 0.6) is 0 Å². The van der Waals surface area contributed by atoms with E-state index in [1.165, 1.54) is 6.07 Å². The van der Waals surface area contributed by atoms with E-state index >= 15 is 0 Å². The summed E-state index contributed by atoms with van der Waals surface area (Å²) in [4.78, 5) is 12.6. The highest BCUT2D eigenvalue weighted by Gasteiger charge is 2.40. The van der Waals surface area contributed by atoms with Crippen molar-refractivity contribution in [2.45, 2.75) is 55.2 Å². The Morgan fingerprint density at radius 3 is 2.64 bits per heavy atom. The van der Waals surface area contributed by atoms with E-state index in [9.17, 15) is 22.0 Å². The maximum absolute atomic E-state index is 13.6. The summed E-state index contributed by atoms with van der Waals surface area (Å²) in [6, 6.07) is 6.19. The first-order valence-electron chi connectivity index (χ1n) is 9.22. The highest BCUT2D eigenvalue weighted by atomic mass is 32.2. The number of sulfone groups is 1. The molecule has 2 aliphatic rings. The summed E-state index contributed by atoms with van der Waals surface area (Å²) in [6.07, 6.45) is -0.113. The van der Waals surface area contributed by atoms with Crippen LogP contribution in [-0.4, -0.2) is 36.7 Å². The van der Waals surface area contributed by atoms with Gasteiger partial charge in [-0.15, -0.1) is 0 Å². The largest absolute Gasteiger partial charge is 0.461 e. The minimum atomic E-state index is -3.64. The van der Waals surface area contributed by atoms with Gasteiger partial charge >= 0.3 is 5.97 Å². The average Bonchev–Trinajstić information content (AvgIpc) is 3.01. The van der Waals surface area contributed by atoms with Gasteiger partial charge in [-0.1, -0.05) is 18.2 Å². The molecule has 0 radical (unpaired) electrons. The topological polar surface area (TPSA) is 78.3 Å². The molecule has 1 aromatic heterocycles. The summed E-state index contributed by atoms with van der Waals surface area (Å²) in [7, 11) is -3.64. The SMILES string of the molecule is CCOC(=O)c1nn(C2CCC(F)(F)CC2)c2c1CS(=O)(=O)c1ccccc1-2. The summed E-state index contributed by atoms with van der Waals surface area (Å²) in [5, 5.41) is 4.38. The first-order chi connectivity index (χ1) is 13.2. The Labute approximate surface area is 161 Å². The lowest BCUT2D eigenvalue weighted by Gasteiger charge is -2.30. The number of aromatic nitrogens is 2. The van der Waals surface area contributed by atoms with Gasteiger partial charge in [0.05, 0.1) is 29.0 Å². The molecule has 2 heterocycles. The fourth-order valence-corrected chi connectivity index (χ4v) is 5.58. The summed E-state index contributed by atoms with van der Waals surface area (Å²) in [5.41, 5.74) is 1.20. The van der Waals surface area contributed by atoms with Crippen molar-refractivity contribution in [2.24, 2.45) is 0 Å². The van der Waals surface area contributed by atoms with Crippen LogP contribution in [-0.2, 0) is 20.3 Å². The van der Waals surface area contributed by atoms with E-state index in [1.54, 1.807) is 29.8 Å². The third kappa shape index (κ3) is 3.11. The smallest absolute Gasteiger partial charge is 0.359 e. The Balaban J connectivity index is 1.89. The number of hydrogen-bond acceptors (Lipinski definition) is 5. The van der Waals surface area contributed by atoms with Crippen LogP contribution in [0.3, 0.4) is 0 Å². The van der Waals surface area contributed by atoms with E-state index in [-0.39, 0.29) is 60.2 Å². The molecule has 1 fully saturated rings. The molecule has 0 saturated heterocycles. The number of halogens is 2. The molecule has 1 aliphatic carbocycles. The molecule has 0 spiro atoms. The van der Waals surface area contributed by atoms with Crippen LogP contribution in [0.1, 0.15) is 54.7 Å². The molecule has 9 heteroatoms. The molecule has 0 N–H and O–H groups in total. The number of alkyl halides is 2. The molecule has 150 valence electrons. The van der Waals surface area contributed by atoms with Crippen molar-refractivity contribution in [2.75, 3.05) is 6.61 Å². The molecule has 6 nitrogen and oxygen atoms in total. The molecule has 1 aromatic carbocycles. The lowest BCUT2D eigenvalue weighted by Crippen LogP contribution is -2.27. The van der Waals surface area contributed by atoms with Crippen LogP contribution in [0.4, 0.5) is 8.78 Å². The van der Waals surface area contributed by atoms with Crippen molar-refractivity contribution in [1.82, 2.24) is 9.78 Å². The van der Waals surface area contributed by atoms with Crippen LogP contribution in [0.15, 0.2) is 29.2 Å². The summed E-state index contributed by atoms with van der Waals surface area (Å²) in [5.74, 6) is -3.76. The Morgan fingerprint density at radius 2 is 1.96 bits per heavy atom. The quantitative estimate of drug-likeness (QED) is 0.720. The standard InChI is InChI=1S/C19H20F2N2O4S/c1-2-27-18(24)16-14-11-28(25,26)15-6-4-3-5-13(15)17(14)23(22-16)12-7-9-19(20,21)10-8-12/h3-6,12H,2,7-11H2,1H3. The first kappa shape index (κ1) is 19.0. The Morgan fingerprint density at radius 1 is 1.29 bits per heavy atom. The Bertz CT molecular complexity index is 1040. The van der Waals surface area contributed by atoms with E-state index in [4.69, 9.17) is 4.74 Å². The van der Waals surface area contributed by atoms with E-state index < -0.39 is 21.7 Å². The molecule has 1 saturated carbocycles. The third-order valence-corrected chi connectivity index (χ3v) is 7.02. The van der Waals surface area contributed by atoms with Crippen molar-refractivity contribution in [3.63, 3.8) is 0 Å². The van der Waals surface area contributed by atoms with Crippen LogP contribution < -0.4 is 0 Å². The maximum Gasteiger partial charge on any atom is 0.359 e. The molecule has 28 heavy (non-hydrogen) atoms. The number of carbonyl (C=O) groups is 1. The maximum atomic E-state index is 13.6. The van der Waals surface area contributed by atoms with Gasteiger partial charge in [0, 0.05) is 24.0 Å². The molecule has 0 amide bonds. The zero-order valence-electron chi connectivity index (χ0n) is 15.3.